The predicted octanol–water partition coefficient (Wildman–Crippen LogP) is 2.35. The highest BCUT2D eigenvalue weighted by atomic mass is 16.5. The minimum atomic E-state index is 0.148. The summed E-state index contributed by atoms with van der Waals surface area (Å²) >= 11 is 0. The first kappa shape index (κ1) is 14.3. The van der Waals surface area contributed by atoms with Gasteiger partial charge in [0.1, 0.15) is 6.10 Å². The van der Waals surface area contributed by atoms with Crippen molar-refractivity contribution in [3.8, 4) is 5.88 Å². The number of amides is 1. The van der Waals surface area contributed by atoms with Gasteiger partial charge in [-0.1, -0.05) is 12.8 Å². The van der Waals surface area contributed by atoms with Crippen LogP contribution in [0, 0.1) is 12.8 Å². The van der Waals surface area contributed by atoms with E-state index in [4.69, 9.17) is 4.74 Å². The summed E-state index contributed by atoms with van der Waals surface area (Å²) in [7, 11) is 0. The molecule has 0 bridgehead atoms. The molecule has 2 fully saturated rings. The van der Waals surface area contributed by atoms with Gasteiger partial charge in [-0.15, -0.1) is 5.10 Å². The van der Waals surface area contributed by atoms with E-state index in [9.17, 15) is 4.79 Å². The van der Waals surface area contributed by atoms with Crippen LogP contribution in [0.1, 0.15) is 44.2 Å². The summed E-state index contributed by atoms with van der Waals surface area (Å²) in [5, 5.41) is 8.04. The maximum atomic E-state index is 12.4. The highest BCUT2D eigenvalue weighted by molar-refractivity contribution is 5.79. The van der Waals surface area contributed by atoms with E-state index in [0.717, 1.165) is 44.5 Å². The Bertz CT molecular complexity index is 475. The normalized spacial score (nSPS) is 20.7. The van der Waals surface area contributed by atoms with Gasteiger partial charge < -0.3 is 9.64 Å². The molecule has 0 spiro atoms. The monoisotopic (exact) mass is 289 g/mol. The lowest BCUT2D eigenvalue weighted by molar-refractivity contribution is -0.137. The Morgan fingerprint density at radius 3 is 2.48 bits per heavy atom. The number of nitrogens with zero attached hydrogens (tertiary/aromatic N) is 3. The molecule has 2 heterocycles. The first-order chi connectivity index (χ1) is 10.2. The zero-order valence-corrected chi connectivity index (χ0v) is 12.6. The van der Waals surface area contributed by atoms with E-state index in [-0.39, 0.29) is 12.0 Å². The molecule has 1 aromatic rings. The highest BCUT2D eigenvalue weighted by Gasteiger charge is 2.30. The van der Waals surface area contributed by atoms with E-state index in [1.54, 1.807) is 0 Å². The van der Waals surface area contributed by atoms with Crippen molar-refractivity contribution in [1.29, 1.82) is 0 Å². The van der Waals surface area contributed by atoms with Gasteiger partial charge in [0.25, 0.3) is 0 Å². The van der Waals surface area contributed by atoms with Gasteiger partial charge in [0.2, 0.25) is 11.8 Å². The molecule has 5 nitrogen and oxygen atoms in total. The van der Waals surface area contributed by atoms with Crippen molar-refractivity contribution in [3.05, 3.63) is 17.8 Å². The van der Waals surface area contributed by atoms with Crippen LogP contribution in [0.3, 0.4) is 0 Å². The van der Waals surface area contributed by atoms with Crippen LogP contribution >= 0.6 is 0 Å². The molecule has 1 aliphatic heterocycles. The fourth-order valence-electron chi connectivity index (χ4n) is 3.25. The fourth-order valence-corrected chi connectivity index (χ4v) is 3.25. The molecule has 1 saturated carbocycles. The first-order valence-corrected chi connectivity index (χ1v) is 7.98. The van der Waals surface area contributed by atoms with Crippen LogP contribution in [-0.4, -0.2) is 40.2 Å². The van der Waals surface area contributed by atoms with Crippen molar-refractivity contribution in [2.75, 3.05) is 13.1 Å². The van der Waals surface area contributed by atoms with Crippen molar-refractivity contribution < 1.29 is 9.53 Å². The second kappa shape index (κ2) is 6.41. The molecular formula is C16H23N3O2. The Hall–Kier alpha value is -1.65. The largest absolute Gasteiger partial charge is 0.473 e. The van der Waals surface area contributed by atoms with Gasteiger partial charge in [-0.3, -0.25) is 4.79 Å². The van der Waals surface area contributed by atoms with E-state index in [1.165, 1.54) is 12.8 Å². The number of carbonyl (C=O) groups is 1. The van der Waals surface area contributed by atoms with E-state index in [1.807, 2.05) is 24.0 Å². The van der Waals surface area contributed by atoms with Crippen molar-refractivity contribution in [3.63, 3.8) is 0 Å². The third-order valence-corrected chi connectivity index (χ3v) is 4.52. The van der Waals surface area contributed by atoms with Crippen molar-refractivity contribution in [2.45, 2.75) is 51.6 Å². The average Bonchev–Trinajstić information content (AvgIpc) is 3.04. The summed E-state index contributed by atoms with van der Waals surface area (Å²) in [6.07, 6.45) is 6.49. The lowest BCUT2D eigenvalue weighted by Gasteiger charge is -2.33. The van der Waals surface area contributed by atoms with Gasteiger partial charge in [0, 0.05) is 37.9 Å². The number of aromatic nitrogens is 2. The van der Waals surface area contributed by atoms with Crippen molar-refractivity contribution in [2.24, 2.45) is 5.92 Å². The minimum Gasteiger partial charge on any atom is -0.473 e. The van der Waals surface area contributed by atoms with Crippen LogP contribution in [0.5, 0.6) is 5.88 Å². The third-order valence-electron chi connectivity index (χ3n) is 4.52. The molecule has 5 heteroatoms. The maximum Gasteiger partial charge on any atom is 0.233 e. The molecule has 2 aliphatic rings. The number of ether oxygens (including phenoxy) is 1. The molecular weight excluding hydrogens is 266 g/mol. The zero-order chi connectivity index (χ0) is 14.7. The molecule has 1 aliphatic carbocycles. The fraction of sp³-hybridized carbons (Fsp3) is 0.688. The summed E-state index contributed by atoms with van der Waals surface area (Å²) in [6, 6.07) is 3.76. The lowest BCUT2D eigenvalue weighted by atomic mass is 10.0. The van der Waals surface area contributed by atoms with E-state index in [0.29, 0.717) is 11.8 Å². The van der Waals surface area contributed by atoms with Crippen LogP contribution in [0.4, 0.5) is 0 Å². The Labute approximate surface area is 125 Å². The quantitative estimate of drug-likeness (QED) is 0.857. The Balaban J connectivity index is 1.48. The predicted molar refractivity (Wildman–Crippen MR) is 79.0 cm³/mol. The number of aryl methyl sites for hydroxylation is 1. The Morgan fingerprint density at radius 2 is 1.86 bits per heavy atom. The molecule has 21 heavy (non-hydrogen) atoms. The molecule has 1 amide bonds. The summed E-state index contributed by atoms with van der Waals surface area (Å²) < 4.78 is 5.85. The Kier molecular flexibility index (Phi) is 4.36. The summed E-state index contributed by atoms with van der Waals surface area (Å²) in [6.45, 7) is 3.52. The van der Waals surface area contributed by atoms with Gasteiger partial charge in [0.05, 0.1) is 5.69 Å². The molecule has 0 unspecified atom stereocenters. The topological polar surface area (TPSA) is 55.3 Å². The average molecular weight is 289 g/mol. The maximum absolute atomic E-state index is 12.4. The molecule has 114 valence electrons. The SMILES string of the molecule is Cc1ccc(OC2CCN(C(=O)C3CCCC3)CC2)nn1. The van der Waals surface area contributed by atoms with Crippen molar-refractivity contribution in [1.82, 2.24) is 15.1 Å². The van der Waals surface area contributed by atoms with Crippen LogP contribution in [0.15, 0.2) is 12.1 Å². The molecule has 3 rings (SSSR count). The number of piperidine rings is 1. The van der Waals surface area contributed by atoms with Crippen LogP contribution in [0.25, 0.3) is 0 Å². The number of carbonyl (C=O) groups excluding carboxylic acids is 1. The molecule has 0 atom stereocenters. The molecule has 0 N–H and O–H groups in total. The smallest absolute Gasteiger partial charge is 0.233 e. The molecule has 0 radical (unpaired) electrons. The van der Waals surface area contributed by atoms with Gasteiger partial charge in [-0.05, 0) is 25.8 Å². The van der Waals surface area contributed by atoms with E-state index >= 15 is 0 Å². The second-order valence-corrected chi connectivity index (χ2v) is 6.14. The van der Waals surface area contributed by atoms with Gasteiger partial charge in [0.15, 0.2) is 0 Å². The third kappa shape index (κ3) is 3.52. The zero-order valence-electron chi connectivity index (χ0n) is 12.6. The van der Waals surface area contributed by atoms with Gasteiger partial charge in [-0.2, -0.15) is 5.10 Å². The number of hydrogen-bond acceptors (Lipinski definition) is 4. The summed E-state index contributed by atoms with van der Waals surface area (Å²) in [5.74, 6) is 1.23. The van der Waals surface area contributed by atoms with Gasteiger partial charge in [-0.25, -0.2) is 0 Å². The minimum absolute atomic E-state index is 0.148. The van der Waals surface area contributed by atoms with Crippen LogP contribution < -0.4 is 4.74 Å². The van der Waals surface area contributed by atoms with E-state index < -0.39 is 0 Å². The molecule has 1 aromatic heterocycles. The van der Waals surface area contributed by atoms with E-state index in [2.05, 4.69) is 10.2 Å². The van der Waals surface area contributed by atoms with Crippen molar-refractivity contribution >= 4 is 5.91 Å². The highest BCUT2D eigenvalue weighted by Crippen LogP contribution is 2.28. The standard InChI is InChI=1S/C16H23N3O2/c1-12-6-7-15(18-17-12)21-14-8-10-19(11-9-14)16(20)13-4-2-3-5-13/h6-7,13-14H,2-5,8-11H2,1H3. The second-order valence-electron chi connectivity index (χ2n) is 6.14. The number of hydrogen-bond donors (Lipinski definition) is 0. The summed E-state index contributed by atoms with van der Waals surface area (Å²) in [4.78, 5) is 14.4. The molecule has 1 saturated heterocycles. The Morgan fingerprint density at radius 1 is 1.14 bits per heavy atom. The molecule has 0 aromatic carbocycles. The van der Waals surface area contributed by atoms with Crippen LogP contribution in [0.2, 0.25) is 0 Å². The first-order valence-electron chi connectivity index (χ1n) is 7.98. The van der Waals surface area contributed by atoms with Crippen LogP contribution in [-0.2, 0) is 4.79 Å². The van der Waals surface area contributed by atoms with Gasteiger partial charge >= 0.3 is 0 Å². The number of rotatable bonds is 3. The lowest BCUT2D eigenvalue weighted by Crippen LogP contribution is -2.44. The number of likely N-dealkylation sites (tertiary alicyclic amines) is 1. The summed E-state index contributed by atoms with van der Waals surface area (Å²) in [5.41, 5.74) is 0.888.